The maximum atomic E-state index is 13.7. The van der Waals surface area contributed by atoms with E-state index in [2.05, 4.69) is 15.9 Å². The molecule has 21 heavy (non-hydrogen) atoms. The highest BCUT2D eigenvalue weighted by molar-refractivity contribution is 9.10. The van der Waals surface area contributed by atoms with E-state index in [1.54, 1.807) is 0 Å². The summed E-state index contributed by atoms with van der Waals surface area (Å²) in [6.45, 7) is 0. The lowest BCUT2D eigenvalue weighted by Crippen LogP contribution is -2.11. The zero-order valence-corrected chi connectivity index (χ0v) is 12.5. The van der Waals surface area contributed by atoms with Gasteiger partial charge >= 0.3 is 5.97 Å². The Bertz CT molecular complexity index is 740. The molecule has 0 aliphatic rings. The molecular weight excluding hydrogens is 341 g/mol. The Kier molecular flexibility index (Phi) is 4.55. The van der Waals surface area contributed by atoms with Crippen LogP contribution in [0.25, 0.3) is 0 Å². The number of hydrogen-bond acceptors (Lipinski definition) is 4. The highest BCUT2D eigenvalue weighted by Crippen LogP contribution is 2.29. The van der Waals surface area contributed by atoms with Crippen molar-refractivity contribution >= 4 is 21.9 Å². The molecule has 2 aromatic rings. The van der Waals surface area contributed by atoms with E-state index in [-0.39, 0.29) is 17.1 Å². The van der Waals surface area contributed by atoms with Gasteiger partial charge in [0.1, 0.15) is 5.82 Å². The molecule has 0 atom stereocenters. The molecule has 0 N–H and O–H groups in total. The molecule has 0 saturated heterocycles. The summed E-state index contributed by atoms with van der Waals surface area (Å²) in [4.78, 5) is 12.0. The number of carbonyl (C=O) groups is 1. The number of hydrogen-bond donors (Lipinski definition) is 0. The molecular formula is C15H9BrFNO3. The summed E-state index contributed by atoms with van der Waals surface area (Å²) in [5.74, 6) is -1.20. The van der Waals surface area contributed by atoms with Gasteiger partial charge in [0.25, 0.3) is 0 Å². The van der Waals surface area contributed by atoms with Gasteiger partial charge in [0, 0.05) is 10.5 Å². The number of ether oxygens (including phenoxy) is 2. The molecule has 2 aromatic carbocycles. The molecule has 0 saturated carbocycles. The molecule has 0 fully saturated rings. The van der Waals surface area contributed by atoms with Crippen LogP contribution in [0.4, 0.5) is 4.39 Å². The Balaban J connectivity index is 2.29. The van der Waals surface area contributed by atoms with Crippen molar-refractivity contribution in [1.82, 2.24) is 0 Å². The smallest absolute Gasteiger partial charge is 0.346 e. The van der Waals surface area contributed by atoms with E-state index in [0.29, 0.717) is 10.0 Å². The number of nitrogens with zero attached hydrogens (tertiary/aromatic N) is 1. The second kappa shape index (κ2) is 6.37. The van der Waals surface area contributed by atoms with E-state index in [0.717, 1.165) is 0 Å². The number of rotatable bonds is 3. The third-order valence-corrected chi connectivity index (χ3v) is 3.14. The van der Waals surface area contributed by atoms with E-state index < -0.39 is 11.8 Å². The van der Waals surface area contributed by atoms with Crippen molar-refractivity contribution in [3.63, 3.8) is 0 Å². The molecule has 0 aliphatic carbocycles. The molecule has 0 amide bonds. The summed E-state index contributed by atoms with van der Waals surface area (Å²) in [7, 11) is 1.38. The molecule has 2 rings (SSSR count). The monoisotopic (exact) mass is 349 g/mol. The van der Waals surface area contributed by atoms with Crippen LogP contribution in [0.1, 0.15) is 15.9 Å². The number of methoxy groups -OCH3 is 1. The van der Waals surface area contributed by atoms with Crippen LogP contribution < -0.4 is 9.47 Å². The number of esters is 1. The Morgan fingerprint density at radius 2 is 2.00 bits per heavy atom. The minimum atomic E-state index is -0.844. The first-order valence-electron chi connectivity index (χ1n) is 5.80. The van der Waals surface area contributed by atoms with Crippen molar-refractivity contribution in [2.45, 2.75) is 0 Å². The van der Waals surface area contributed by atoms with Crippen LogP contribution in [-0.4, -0.2) is 13.1 Å². The van der Waals surface area contributed by atoms with E-state index in [4.69, 9.17) is 14.7 Å². The first-order chi connectivity index (χ1) is 10.0. The molecule has 0 bridgehead atoms. The van der Waals surface area contributed by atoms with Crippen LogP contribution in [0, 0.1) is 17.1 Å². The molecule has 106 valence electrons. The average molecular weight is 350 g/mol. The lowest BCUT2D eigenvalue weighted by atomic mass is 10.2. The molecule has 0 aliphatic heterocycles. The fourth-order valence-corrected chi connectivity index (χ4v) is 1.96. The van der Waals surface area contributed by atoms with Gasteiger partial charge in [-0.1, -0.05) is 15.9 Å². The second-order valence-corrected chi connectivity index (χ2v) is 4.91. The quantitative estimate of drug-likeness (QED) is 0.626. The SMILES string of the molecule is COc1cc(C#N)ccc1OC(=O)c1ccc(Br)cc1F. The predicted molar refractivity (Wildman–Crippen MR) is 76.8 cm³/mol. The van der Waals surface area contributed by atoms with Crippen LogP contribution in [-0.2, 0) is 0 Å². The van der Waals surface area contributed by atoms with Crippen molar-refractivity contribution in [3.05, 3.63) is 57.8 Å². The van der Waals surface area contributed by atoms with Gasteiger partial charge < -0.3 is 9.47 Å². The van der Waals surface area contributed by atoms with Crippen LogP contribution in [0.5, 0.6) is 11.5 Å². The summed E-state index contributed by atoms with van der Waals surface area (Å²) in [6.07, 6.45) is 0. The minimum absolute atomic E-state index is 0.115. The van der Waals surface area contributed by atoms with E-state index in [1.807, 2.05) is 6.07 Å². The molecule has 4 nitrogen and oxygen atoms in total. The molecule has 0 unspecified atom stereocenters. The van der Waals surface area contributed by atoms with Crippen molar-refractivity contribution in [2.24, 2.45) is 0 Å². The van der Waals surface area contributed by atoms with Gasteiger partial charge in [-0.2, -0.15) is 5.26 Å². The van der Waals surface area contributed by atoms with Crippen molar-refractivity contribution in [3.8, 4) is 17.6 Å². The topological polar surface area (TPSA) is 59.3 Å². The first kappa shape index (κ1) is 15.0. The number of halogens is 2. The summed E-state index contributed by atoms with van der Waals surface area (Å²) in [5, 5.41) is 8.80. The summed E-state index contributed by atoms with van der Waals surface area (Å²) >= 11 is 3.11. The first-order valence-corrected chi connectivity index (χ1v) is 6.60. The lowest BCUT2D eigenvalue weighted by Gasteiger charge is -2.09. The average Bonchev–Trinajstić information content (AvgIpc) is 2.47. The van der Waals surface area contributed by atoms with Crippen LogP contribution >= 0.6 is 15.9 Å². The van der Waals surface area contributed by atoms with Crippen LogP contribution in [0.3, 0.4) is 0 Å². The van der Waals surface area contributed by atoms with Crippen molar-refractivity contribution in [2.75, 3.05) is 7.11 Å². The van der Waals surface area contributed by atoms with E-state index in [9.17, 15) is 9.18 Å². The van der Waals surface area contributed by atoms with E-state index in [1.165, 1.54) is 43.5 Å². The van der Waals surface area contributed by atoms with Gasteiger partial charge in [0.15, 0.2) is 11.5 Å². The molecule has 0 spiro atoms. The highest BCUT2D eigenvalue weighted by atomic mass is 79.9. The van der Waals surface area contributed by atoms with Crippen molar-refractivity contribution in [1.29, 1.82) is 5.26 Å². The van der Waals surface area contributed by atoms with Gasteiger partial charge in [0.2, 0.25) is 0 Å². The zero-order chi connectivity index (χ0) is 15.4. The molecule has 0 heterocycles. The van der Waals surface area contributed by atoms with E-state index >= 15 is 0 Å². The zero-order valence-electron chi connectivity index (χ0n) is 10.9. The Labute approximate surface area is 128 Å². The van der Waals surface area contributed by atoms with Gasteiger partial charge in [-0.25, -0.2) is 9.18 Å². The third-order valence-electron chi connectivity index (χ3n) is 2.65. The number of nitriles is 1. The maximum absolute atomic E-state index is 13.7. The second-order valence-electron chi connectivity index (χ2n) is 3.99. The molecule has 0 aromatic heterocycles. The Hall–Kier alpha value is -2.39. The predicted octanol–water partition coefficient (Wildman–Crippen LogP) is 3.69. The van der Waals surface area contributed by atoms with Crippen LogP contribution in [0.15, 0.2) is 40.9 Å². The Morgan fingerprint density at radius 3 is 2.62 bits per heavy atom. The Morgan fingerprint density at radius 1 is 1.24 bits per heavy atom. The lowest BCUT2D eigenvalue weighted by molar-refractivity contribution is 0.0725. The minimum Gasteiger partial charge on any atom is -0.493 e. The fraction of sp³-hybridized carbons (Fsp3) is 0.0667. The standard InChI is InChI=1S/C15H9BrFNO3/c1-20-14-6-9(8-18)2-5-13(14)21-15(19)11-4-3-10(16)7-12(11)17/h2-7H,1H3. The van der Waals surface area contributed by atoms with Gasteiger partial charge in [-0.05, 0) is 30.3 Å². The third kappa shape index (κ3) is 3.38. The number of benzene rings is 2. The van der Waals surface area contributed by atoms with Crippen LogP contribution in [0.2, 0.25) is 0 Å². The van der Waals surface area contributed by atoms with Crippen molar-refractivity contribution < 1.29 is 18.7 Å². The molecule has 6 heteroatoms. The number of carbonyl (C=O) groups excluding carboxylic acids is 1. The summed E-state index contributed by atoms with van der Waals surface area (Å²) in [5.41, 5.74) is 0.172. The highest BCUT2D eigenvalue weighted by Gasteiger charge is 2.16. The normalized spacial score (nSPS) is 9.81. The fourth-order valence-electron chi connectivity index (χ4n) is 1.63. The van der Waals surface area contributed by atoms with Gasteiger partial charge in [0.05, 0.1) is 24.3 Å². The largest absolute Gasteiger partial charge is 0.493 e. The summed E-state index contributed by atoms with van der Waals surface area (Å²) in [6, 6.07) is 10.3. The summed E-state index contributed by atoms with van der Waals surface area (Å²) < 4.78 is 24.4. The van der Waals surface area contributed by atoms with Gasteiger partial charge in [-0.3, -0.25) is 0 Å². The maximum Gasteiger partial charge on any atom is 0.346 e. The van der Waals surface area contributed by atoms with Gasteiger partial charge in [-0.15, -0.1) is 0 Å². The molecule has 0 radical (unpaired) electrons.